The smallest absolute Gasteiger partial charge is 0.309 e. The van der Waals surface area contributed by atoms with Crippen LogP contribution >= 0.6 is 0 Å². The lowest BCUT2D eigenvalue weighted by molar-refractivity contribution is 0.349. The second kappa shape index (κ2) is 22.8. The predicted octanol–water partition coefficient (Wildman–Crippen LogP) is 8.49. The Hall–Kier alpha value is -0.530. The van der Waals surface area contributed by atoms with Gasteiger partial charge >= 0.3 is 6.41 Å². The number of amides is 1. The molecule has 167 valence electrons. The first-order valence-corrected chi connectivity index (χ1v) is 12.9. The molecule has 0 fully saturated rings. The molecule has 1 radical (unpaired) electrons. The van der Waals surface area contributed by atoms with E-state index in [-0.39, 0.29) is 6.04 Å². The van der Waals surface area contributed by atoms with E-state index in [4.69, 9.17) is 0 Å². The van der Waals surface area contributed by atoms with E-state index in [2.05, 4.69) is 26.1 Å². The van der Waals surface area contributed by atoms with E-state index >= 15 is 0 Å². The second-order valence-electron chi connectivity index (χ2n) is 9.13. The fraction of sp³-hybridized carbons (Fsp3) is 0.962. The van der Waals surface area contributed by atoms with Crippen molar-refractivity contribution >= 4 is 6.41 Å². The zero-order chi connectivity index (χ0) is 20.7. The predicted molar refractivity (Wildman–Crippen MR) is 125 cm³/mol. The number of hydrogen-bond acceptors (Lipinski definition) is 1. The zero-order valence-electron chi connectivity index (χ0n) is 19.7. The van der Waals surface area contributed by atoms with E-state index in [9.17, 15) is 4.79 Å². The molecule has 0 saturated carbocycles. The van der Waals surface area contributed by atoms with E-state index < -0.39 is 0 Å². The maximum Gasteiger partial charge on any atom is 0.309 e. The molecule has 1 amide bonds. The highest BCUT2D eigenvalue weighted by Gasteiger charge is 2.12. The van der Waals surface area contributed by atoms with Gasteiger partial charge in [0.05, 0.1) is 0 Å². The molecule has 0 aromatic heterocycles. The van der Waals surface area contributed by atoms with Gasteiger partial charge in [0.2, 0.25) is 0 Å². The molecule has 0 bridgehead atoms. The summed E-state index contributed by atoms with van der Waals surface area (Å²) < 4.78 is 0. The van der Waals surface area contributed by atoms with Crippen LogP contribution in [0.2, 0.25) is 0 Å². The molecule has 28 heavy (non-hydrogen) atoms. The number of carbonyl (C=O) groups excluding carboxylic acids is 1. The first-order valence-electron chi connectivity index (χ1n) is 12.9. The number of nitrogens with one attached hydrogen (secondary N) is 1. The summed E-state index contributed by atoms with van der Waals surface area (Å²) >= 11 is 0. The lowest BCUT2D eigenvalue weighted by atomic mass is 9.89. The summed E-state index contributed by atoms with van der Waals surface area (Å²) in [5.41, 5.74) is 0. The van der Waals surface area contributed by atoms with Gasteiger partial charge in [-0.15, -0.1) is 0 Å². The minimum absolute atomic E-state index is 0.274. The fourth-order valence-corrected chi connectivity index (χ4v) is 4.35. The van der Waals surface area contributed by atoms with Crippen LogP contribution in [0, 0.1) is 5.92 Å². The third-order valence-electron chi connectivity index (χ3n) is 6.17. The Morgan fingerprint density at radius 2 is 0.964 bits per heavy atom. The molecular formula is C26H52NO. The Bertz CT molecular complexity index is 305. The SMILES string of the molecule is CCCCCCCCCCCCCCCC(CCCCCC)CC(C)N[C]=O. The molecular weight excluding hydrogens is 342 g/mol. The van der Waals surface area contributed by atoms with Gasteiger partial charge in [0, 0.05) is 6.04 Å². The van der Waals surface area contributed by atoms with Gasteiger partial charge in [-0.1, -0.05) is 136 Å². The molecule has 2 nitrogen and oxygen atoms in total. The molecule has 0 aromatic carbocycles. The lowest BCUT2D eigenvalue weighted by Gasteiger charge is -2.20. The number of hydrogen-bond donors (Lipinski definition) is 1. The molecule has 2 heteroatoms. The molecule has 0 aliphatic rings. The van der Waals surface area contributed by atoms with Crippen molar-refractivity contribution in [1.29, 1.82) is 0 Å². The maximum absolute atomic E-state index is 10.5. The number of rotatable bonds is 23. The molecule has 0 aromatic rings. The fourth-order valence-electron chi connectivity index (χ4n) is 4.35. The van der Waals surface area contributed by atoms with E-state index in [1.54, 1.807) is 0 Å². The van der Waals surface area contributed by atoms with Crippen molar-refractivity contribution in [2.45, 2.75) is 155 Å². The van der Waals surface area contributed by atoms with Crippen LogP contribution in [-0.2, 0) is 4.79 Å². The molecule has 1 N–H and O–H groups in total. The van der Waals surface area contributed by atoms with E-state index in [0.717, 1.165) is 12.3 Å². The van der Waals surface area contributed by atoms with Crippen molar-refractivity contribution in [3.05, 3.63) is 0 Å². The first kappa shape index (κ1) is 27.5. The quantitative estimate of drug-likeness (QED) is 0.137. The van der Waals surface area contributed by atoms with Crippen LogP contribution in [0.25, 0.3) is 0 Å². The highest BCUT2D eigenvalue weighted by atomic mass is 16.1. The molecule has 2 atom stereocenters. The van der Waals surface area contributed by atoms with Crippen molar-refractivity contribution in [3.63, 3.8) is 0 Å². The van der Waals surface area contributed by atoms with E-state index in [1.165, 1.54) is 122 Å². The van der Waals surface area contributed by atoms with Gasteiger partial charge < -0.3 is 5.32 Å². The third kappa shape index (κ3) is 20.2. The van der Waals surface area contributed by atoms with Crippen LogP contribution in [0.5, 0.6) is 0 Å². The Balaban J connectivity index is 3.61. The van der Waals surface area contributed by atoms with Gasteiger partial charge in [-0.3, -0.25) is 4.79 Å². The summed E-state index contributed by atoms with van der Waals surface area (Å²) in [6.45, 7) is 6.68. The van der Waals surface area contributed by atoms with Crippen molar-refractivity contribution in [1.82, 2.24) is 5.32 Å². The van der Waals surface area contributed by atoms with Gasteiger partial charge in [-0.25, -0.2) is 0 Å². The van der Waals surface area contributed by atoms with Gasteiger partial charge in [-0.2, -0.15) is 0 Å². The van der Waals surface area contributed by atoms with Crippen molar-refractivity contribution in [2.24, 2.45) is 5.92 Å². The van der Waals surface area contributed by atoms with Gasteiger partial charge in [0.15, 0.2) is 0 Å². The second-order valence-corrected chi connectivity index (χ2v) is 9.13. The van der Waals surface area contributed by atoms with Crippen LogP contribution in [0.15, 0.2) is 0 Å². The monoisotopic (exact) mass is 394 g/mol. The molecule has 0 aliphatic carbocycles. The van der Waals surface area contributed by atoms with Crippen molar-refractivity contribution in [3.8, 4) is 0 Å². The van der Waals surface area contributed by atoms with E-state index in [0.29, 0.717) is 0 Å². The molecule has 0 rings (SSSR count). The Morgan fingerprint density at radius 3 is 1.36 bits per heavy atom. The Morgan fingerprint density at radius 1 is 0.607 bits per heavy atom. The molecule has 0 heterocycles. The summed E-state index contributed by atoms with van der Waals surface area (Å²) in [4.78, 5) is 10.5. The topological polar surface area (TPSA) is 29.1 Å². The summed E-state index contributed by atoms with van der Waals surface area (Å²) in [5.74, 6) is 0.778. The Kier molecular flexibility index (Phi) is 22.3. The van der Waals surface area contributed by atoms with Gasteiger partial charge in [0.1, 0.15) is 0 Å². The van der Waals surface area contributed by atoms with Crippen LogP contribution < -0.4 is 5.32 Å². The van der Waals surface area contributed by atoms with Crippen molar-refractivity contribution in [2.75, 3.05) is 0 Å². The molecule has 2 unspecified atom stereocenters. The minimum Gasteiger partial charge on any atom is -0.345 e. The Labute approximate surface area is 178 Å². The summed E-state index contributed by atoms with van der Waals surface area (Å²) in [6, 6.07) is 0.274. The normalized spacial score (nSPS) is 13.4. The highest BCUT2D eigenvalue weighted by Crippen LogP contribution is 2.23. The van der Waals surface area contributed by atoms with Crippen molar-refractivity contribution < 1.29 is 4.79 Å². The molecule has 0 saturated heterocycles. The lowest BCUT2D eigenvalue weighted by Crippen LogP contribution is -2.27. The molecule has 0 spiro atoms. The summed E-state index contributed by atoms with van der Waals surface area (Å²) in [7, 11) is 0. The molecule has 0 aliphatic heterocycles. The largest absolute Gasteiger partial charge is 0.345 e. The van der Waals surface area contributed by atoms with Crippen LogP contribution in [-0.4, -0.2) is 12.5 Å². The van der Waals surface area contributed by atoms with Gasteiger partial charge in [-0.05, 0) is 19.3 Å². The standard InChI is InChI=1S/C26H52NO/c1-4-6-8-10-11-12-13-14-15-16-17-18-20-22-26(21-19-9-7-5-2)23-25(3)27-24-28/h25-26H,4-23H2,1-3H3,(H,27,28). The summed E-state index contributed by atoms with van der Waals surface area (Å²) in [6.07, 6.45) is 29.6. The van der Waals surface area contributed by atoms with Crippen LogP contribution in [0.1, 0.15) is 149 Å². The maximum atomic E-state index is 10.5. The summed E-state index contributed by atoms with van der Waals surface area (Å²) in [5, 5.41) is 2.82. The van der Waals surface area contributed by atoms with Crippen LogP contribution in [0.4, 0.5) is 0 Å². The number of unbranched alkanes of at least 4 members (excludes halogenated alkanes) is 15. The van der Waals surface area contributed by atoms with E-state index in [1.807, 2.05) is 6.41 Å². The third-order valence-corrected chi connectivity index (χ3v) is 6.17. The van der Waals surface area contributed by atoms with Crippen LogP contribution in [0.3, 0.4) is 0 Å². The van der Waals surface area contributed by atoms with Gasteiger partial charge in [0.25, 0.3) is 0 Å². The zero-order valence-corrected chi connectivity index (χ0v) is 19.7. The average molecular weight is 395 g/mol. The first-order chi connectivity index (χ1) is 13.7. The highest BCUT2D eigenvalue weighted by molar-refractivity contribution is 5.47. The minimum atomic E-state index is 0.274. The average Bonchev–Trinajstić information content (AvgIpc) is 2.68.